The minimum absolute atomic E-state index is 0.0150. The summed E-state index contributed by atoms with van der Waals surface area (Å²) >= 11 is 3.19. The second kappa shape index (κ2) is 6.44. The predicted molar refractivity (Wildman–Crippen MR) is 64.8 cm³/mol. The maximum absolute atomic E-state index is 10.8. The lowest BCUT2D eigenvalue weighted by molar-refractivity contribution is -0.385. The van der Waals surface area contributed by atoms with E-state index in [-0.39, 0.29) is 5.69 Å². The number of rotatable bonds is 6. The number of nitrogens with one attached hydrogen (secondary N) is 1. The van der Waals surface area contributed by atoms with Crippen molar-refractivity contribution in [2.45, 2.75) is 6.42 Å². The molecular formula is C10H13BrN2O3. The lowest BCUT2D eigenvalue weighted by atomic mass is 10.3. The molecule has 0 fully saturated rings. The molecule has 0 amide bonds. The van der Waals surface area contributed by atoms with Gasteiger partial charge in [-0.15, -0.1) is 0 Å². The minimum atomic E-state index is -0.446. The summed E-state index contributed by atoms with van der Waals surface area (Å²) in [6.07, 6.45) is 0.809. The molecule has 1 aromatic rings. The summed E-state index contributed by atoms with van der Waals surface area (Å²) in [5.74, 6) is 0.310. The topological polar surface area (TPSA) is 64.4 Å². The van der Waals surface area contributed by atoms with Crippen molar-refractivity contribution in [2.24, 2.45) is 0 Å². The van der Waals surface area contributed by atoms with E-state index in [2.05, 4.69) is 21.2 Å². The van der Waals surface area contributed by atoms with Crippen LogP contribution < -0.4 is 10.1 Å². The van der Waals surface area contributed by atoms with Crippen LogP contribution >= 0.6 is 15.9 Å². The highest BCUT2D eigenvalue weighted by molar-refractivity contribution is 9.10. The molecule has 1 rings (SSSR count). The Morgan fingerprint density at radius 2 is 2.31 bits per heavy atom. The van der Waals surface area contributed by atoms with E-state index in [9.17, 15) is 10.1 Å². The second-order valence-electron chi connectivity index (χ2n) is 3.17. The number of halogens is 1. The number of nitro groups is 1. The molecule has 1 N–H and O–H groups in total. The monoisotopic (exact) mass is 288 g/mol. The van der Waals surface area contributed by atoms with Crippen LogP contribution in [-0.4, -0.2) is 25.1 Å². The van der Waals surface area contributed by atoms with Gasteiger partial charge < -0.3 is 10.1 Å². The van der Waals surface area contributed by atoms with E-state index >= 15 is 0 Å². The van der Waals surface area contributed by atoms with Gasteiger partial charge in [-0.2, -0.15) is 0 Å². The average Bonchev–Trinajstić information content (AvgIpc) is 2.26. The summed E-state index contributed by atoms with van der Waals surface area (Å²) in [7, 11) is 1.85. The third-order valence-electron chi connectivity index (χ3n) is 1.95. The first-order valence-corrected chi connectivity index (χ1v) is 5.66. The molecule has 0 radical (unpaired) electrons. The highest BCUT2D eigenvalue weighted by atomic mass is 79.9. The molecular weight excluding hydrogens is 276 g/mol. The Hall–Kier alpha value is -1.14. The molecule has 5 nitrogen and oxygen atoms in total. The smallest absolute Gasteiger partial charge is 0.312 e. The van der Waals surface area contributed by atoms with Gasteiger partial charge in [-0.3, -0.25) is 10.1 Å². The van der Waals surface area contributed by atoms with Gasteiger partial charge >= 0.3 is 5.69 Å². The maximum Gasteiger partial charge on any atom is 0.312 e. The Morgan fingerprint density at radius 3 is 2.94 bits per heavy atom. The van der Waals surface area contributed by atoms with Crippen molar-refractivity contribution in [1.82, 2.24) is 5.32 Å². The first-order valence-electron chi connectivity index (χ1n) is 4.86. The normalized spacial score (nSPS) is 10.1. The van der Waals surface area contributed by atoms with Gasteiger partial charge in [0.05, 0.1) is 11.5 Å². The Labute approximate surface area is 102 Å². The van der Waals surface area contributed by atoms with Crippen LogP contribution in [0.4, 0.5) is 5.69 Å². The number of benzene rings is 1. The predicted octanol–water partition coefficient (Wildman–Crippen LogP) is 2.35. The van der Waals surface area contributed by atoms with E-state index in [0.717, 1.165) is 13.0 Å². The van der Waals surface area contributed by atoms with Crippen molar-refractivity contribution in [3.8, 4) is 5.75 Å². The fraction of sp³-hybridized carbons (Fsp3) is 0.400. The molecule has 0 heterocycles. The second-order valence-corrected chi connectivity index (χ2v) is 4.09. The first kappa shape index (κ1) is 12.9. The number of hydrogen-bond acceptors (Lipinski definition) is 4. The summed E-state index contributed by atoms with van der Waals surface area (Å²) in [6, 6.07) is 4.76. The zero-order valence-corrected chi connectivity index (χ0v) is 10.5. The largest absolute Gasteiger partial charge is 0.487 e. The van der Waals surface area contributed by atoms with Gasteiger partial charge in [0.1, 0.15) is 0 Å². The molecule has 16 heavy (non-hydrogen) atoms. The van der Waals surface area contributed by atoms with Crippen LogP contribution in [0.15, 0.2) is 22.7 Å². The Morgan fingerprint density at radius 1 is 1.56 bits per heavy atom. The molecule has 0 unspecified atom stereocenters. The maximum atomic E-state index is 10.8. The standard InChI is InChI=1S/C10H13BrN2O3/c1-12-5-2-6-16-10-4-3-8(11)7-9(10)13(14)15/h3-4,7,12H,2,5-6H2,1H3. The Bertz CT molecular complexity index is 371. The van der Waals surface area contributed by atoms with Crippen molar-refractivity contribution in [1.29, 1.82) is 0 Å². The van der Waals surface area contributed by atoms with Crippen molar-refractivity contribution in [3.63, 3.8) is 0 Å². The number of hydrogen-bond donors (Lipinski definition) is 1. The van der Waals surface area contributed by atoms with E-state index in [1.165, 1.54) is 6.07 Å². The summed E-state index contributed by atoms with van der Waals surface area (Å²) < 4.78 is 6.02. The zero-order chi connectivity index (χ0) is 12.0. The number of nitro benzene ring substituents is 1. The van der Waals surface area contributed by atoms with Crippen molar-refractivity contribution >= 4 is 21.6 Å². The summed E-state index contributed by atoms with van der Waals surface area (Å²) in [5.41, 5.74) is -0.0150. The fourth-order valence-corrected chi connectivity index (χ4v) is 1.54. The summed E-state index contributed by atoms with van der Waals surface area (Å²) in [5, 5.41) is 13.7. The lowest BCUT2D eigenvalue weighted by Crippen LogP contribution is -2.11. The zero-order valence-electron chi connectivity index (χ0n) is 8.90. The fourth-order valence-electron chi connectivity index (χ4n) is 1.19. The van der Waals surface area contributed by atoms with Gasteiger partial charge in [0.15, 0.2) is 5.75 Å². The first-order chi connectivity index (χ1) is 7.65. The summed E-state index contributed by atoms with van der Waals surface area (Å²) in [6.45, 7) is 1.29. The van der Waals surface area contributed by atoms with Crippen LogP contribution in [-0.2, 0) is 0 Å². The van der Waals surface area contributed by atoms with E-state index in [1.807, 2.05) is 7.05 Å². The van der Waals surface area contributed by atoms with Crippen LogP contribution in [0.2, 0.25) is 0 Å². The molecule has 0 bridgehead atoms. The molecule has 0 aliphatic rings. The van der Waals surface area contributed by atoms with E-state index in [4.69, 9.17) is 4.74 Å². The highest BCUT2D eigenvalue weighted by Gasteiger charge is 2.14. The molecule has 1 aromatic carbocycles. The Kier molecular flexibility index (Phi) is 5.21. The van der Waals surface area contributed by atoms with Crippen LogP contribution in [0.3, 0.4) is 0 Å². The van der Waals surface area contributed by atoms with Crippen LogP contribution in [0.5, 0.6) is 5.75 Å². The quantitative estimate of drug-likeness (QED) is 0.496. The molecule has 0 saturated carbocycles. The van der Waals surface area contributed by atoms with Crippen molar-refractivity contribution in [3.05, 3.63) is 32.8 Å². The van der Waals surface area contributed by atoms with Gasteiger partial charge in [0.2, 0.25) is 0 Å². The van der Waals surface area contributed by atoms with Gasteiger partial charge in [0, 0.05) is 10.5 Å². The Balaban J connectivity index is 2.67. The molecule has 0 aliphatic carbocycles. The molecule has 0 spiro atoms. The third kappa shape index (κ3) is 3.79. The molecule has 0 aliphatic heterocycles. The van der Waals surface area contributed by atoms with Gasteiger partial charge in [-0.25, -0.2) is 0 Å². The van der Waals surface area contributed by atoms with Crippen molar-refractivity contribution in [2.75, 3.05) is 20.2 Å². The minimum Gasteiger partial charge on any atom is -0.487 e. The number of nitrogens with zero attached hydrogens (tertiary/aromatic N) is 1. The molecule has 0 aromatic heterocycles. The van der Waals surface area contributed by atoms with Crippen LogP contribution in [0.25, 0.3) is 0 Å². The SMILES string of the molecule is CNCCCOc1ccc(Br)cc1[N+](=O)[O-]. The highest BCUT2D eigenvalue weighted by Crippen LogP contribution is 2.29. The van der Waals surface area contributed by atoms with Gasteiger partial charge in [-0.1, -0.05) is 15.9 Å². The molecule has 88 valence electrons. The average molecular weight is 289 g/mol. The van der Waals surface area contributed by atoms with Crippen LogP contribution in [0.1, 0.15) is 6.42 Å². The molecule has 0 saturated heterocycles. The summed E-state index contributed by atoms with van der Waals surface area (Å²) in [4.78, 5) is 10.3. The molecule has 0 atom stereocenters. The third-order valence-corrected chi connectivity index (χ3v) is 2.44. The van der Waals surface area contributed by atoms with E-state index < -0.39 is 4.92 Å². The van der Waals surface area contributed by atoms with E-state index in [1.54, 1.807) is 12.1 Å². The van der Waals surface area contributed by atoms with E-state index in [0.29, 0.717) is 16.8 Å². The van der Waals surface area contributed by atoms with Gasteiger partial charge in [0.25, 0.3) is 0 Å². The van der Waals surface area contributed by atoms with Crippen molar-refractivity contribution < 1.29 is 9.66 Å². The van der Waals surface area contributed by atoms with Crippen LogP contribution in [0, 0.1) is 10.1 Å². The molecule has 6 heteroatoms. The number of ether oxygens (including phenoxy) is 1. The lowest BCUT2D eigenvalue weighted by Gasteiger charge is -2.06. The van der Waals surface area contributed by atoms with Gasteiger partial charge in [-0.05, 0) is 32.1 Å².